The minimum Gasteiger partial charge on any atom is -0.456 e. The first-order valence-corrected chi connectivity index (χ1v) is 6.21. The van der Waals surface area contributed by atoms with Crippen LogP contribution in [0.5, 0.6) is 0 Å². The van der Waals surface area contributed by atoms with Crippen LogP contribution in [-0.4, -0.2) is 0 Å². The molecule has 4 aromatic rings. The Balaban J connectivity index is 2.40. The number of benzene rings is 3. The fraction of sp³-hybridized carbons (Fsp3) is 0. The van der Waals surface area contributed by atoms with E-state index in [-0.39, 0.29) is 0 Å². The molecule has 1 nitrogen and oxygen atoms in total. The molecule has 0 aliphatic carbocycles. The Hall–Kier alpha value is -1.99. The third-order valence-electron chi connectivity index (χ3n) is 3.33. The van der Waals surface area contributed by atoms with Crippen molar-refractivity contribution >= 4 is 44.3 Å². The van der Waals surface area contributed by atoms with Crippen LogP contribution in [-0.2, 0) is 0 Å². The highest BCUT2D eigenvalue weighted by Crippen LogP contribution is 2.37. The molecular weight excluding hydrogens is 244 g/mol. The molecule has 0 unspecified atom stereocenters. The summed E-state index contributed by atoms with van der Waals surface area (Å²) in [6, 6.07) is 18.1. The van der Waals surface area contributed by atoms with Crippen LogP contribution in [0.3, 0.4) is 0 Å². The molecular formula is C16H9ClO. The predicted octanol–water partition coefficient (Wildman–Crippen LogP) is 5.39. The molecule has 0 aliphatic rings. The maximum Gasteiger partial charge on any atom is 0.136 e. The molecule has 0 radical (unpaired) electrons. The van der Waals surface area contributed by atoms with Crippen molar-refractivity contribution in [3.8, 4) is 0 Å². The molecule has 0 N–H and O–H groups in total. The number of para-hydroxylation sites is 1. The number of fused-ring (bicyclic) bond motifs is 5. The molecule has 18 heavy (non-hydrogen) atoms. The van der Waals surface area contributed by atoms with Gasteiger partial charge in [-0.15, -0.1) is 0 Å². The van der Waals surface area contributed by atoms with Crippen LogP contribution >= 0.6 is 11.6 Å². The lowest BCUT2D eigenvalue weighted by Crippen LogP contribution is -1.75. The molecule has 1 aromatic heterocycles. The van der Waals surface area contributed by atoms with E-state index in [0.717, 1.165) is 37.7 Å². The van der Waals surface area contributed by atoms with E-state index in [2.05, 4.69) is 12.1 Å². The minimum atomic E-state index is 0.768. The van der Waals surface area contributed by atoms with Crippen molar-refractivity contribution in [2.24, 2.45) is 0 Å². The van der Waals surface area contributed by atoms with Crippen LogP contribution in [0.15, 0.2) is 59.0 Å². The van der Waals surface area contributed by atoms with Gasteiger partial charge in [-0.05, 0) is 23.6 Å². The summed E-state index contributed by atoms with van der Waals surface area (Å²) >= 11 is 6.35. The second-order valence-corrected chi connectivity index (χ2v) is 4.78. The van der Waals surface area contributed by atoms with E-state index in [1.807, 2.05) is 42.5 Å². The lowest BCUT2D eigenvalue weighted by molar-refractivity contribution is 0.669. The van der Waals surface area contributed by atoms with Gasteiger partial charge in [0.05, 0.1) is 0 Å². The van der Waals surface area contributed by atoms with E-state index in [1.54, 1.807) is 0 Å². The van der Waals surface area contributed by atoms with Gasteiger partial charge in [0.15, 0.2) is 0 Å². The second-order valence-electron chi connectivity index (χ2n) is 4.37. The normalized spacial score (nSPS) is 11.6. The summed E-state index contributed by atoms with van der Waals surface area (Å²) in [6.45, 7) is 0. The SMILES string of the molecule is Clc1cccc2ccc3oc4ccccc4c3c12. The fourth-order valence-electron chi connectivity index (χ4n) is 2.55. The Morgan fingerprint density at radius 1 is 0.722 bits per heavy atom. The third kappa shape index (κ3) is 1.22. The first-order valence-electron chi connectivity index (χ1n) is 5.83. The van der Waals surface area contributed by atoms with Crippen molar-refractivity contribution in [1.29, 1.82) is 0 Å². The van der Waals surface area contributed by atoms with Crippen LogP contribution in [0.1, 0.15) is 0 Å². The summed E-state index contributed by atoms with van der Waals surface area (Å²) in [4.78, 5) is 0. The van der Waals surface area contributed by atoms with Crippen LogP contribution in [0.2, 0.25) is 5.02 Å². The van der Waals surface area contributed by atoms with E-state index in [1.165, 1.54) is 0 Å². The van der Waals surface area contributed by atoms with E-state index in [9.17, 15) is 0 Å². The van der Waals surface area contributed by atoms with Gasteiger partial charge in [-0.2, -0.15) is 0 Å². The largest absolute Gasteiger partial charge is 0.456 e. The molecule has 4 rings (SSSR count). The molecule has 86 valence electrons. The van der Waals surface area contributed by atoms with Gasteiger partial charge in [0.1, 0.15) is 11.2 Å². The molecule has 3 aromatic carbocycles. The maximum atomic E-state index is 6.35. The first-order chi connectivity index (χ1) is 8.84. The Bertz CT molecular complexity index is 889. The van der Waals surface area contributed by atoms with Crippen molar-refractivity contribution < 1.29 is 4.42 Å². The average molecular weight is 253 g/mol. The zero-order valence-corrected chi connectivity index (χ0v) is 10.2. The van der Waals surface area contributed by atoms with Crippen molar-refractivity contribution in [3.05, 3.63) is 59.6 Å². The van der Waals surface area contributed by atoms with E-state index < -0.39 is 0 Å². The molecule has 2 heteroatoms. The van der Waals surface area contributed by atoms with Crippen LogP contribution in [0.4, 0.5) is 0 Å². The average Bonchev–Trinajstić information content (AvgIpc) is 2.77. The van der Waals surface area contributed by atoms with Gasteiger partial charge in [-0.25, -0.2) is 0 Å². The molecule has 0 saturated carbocycles. The van der Waals surface area contributed by atoms with Crippen LogP contribution < -0.4 is 0 Å². The Labute approximate surface area is 109 Å². The molecule has 0 atom stereocenters. The van der Waals surface area contributed by atoms with Gasteiger partial charge in [-0.3, -0.25) is 0 Å². The number of hydrogen-bond donors (Lipinski definition) is 0. The zero-order valence-electron chi connectivity index (χ0n) is 9.48. The van der Waals surface area contributed by atoms with E-state index >= 15 is 0 Å². The Morgan fingerprint density at radius 3 is 2.56 bits per heavy atom. The topological polar surface area (TPSA) is 13.1 Å². The molecule has 0 spiro atoms. The summed E-state index contributed by atoms with van der Waals surface area (Å²) in [5.74, 6) is 0. The quantitative estimate of drug-likeness (QED) is 0.409. The lowest BCUT2D eigenvalue weighted by atomic mass is 10.0. The number of furan rings is 1. The van der Waals surface area contributed by atoms with Crippen LogP contribution in [0.25, 0.3) is 32.7 Å². The summed E-state index contributed by atoms with van der Waals surface area (Å²) in [5.41, 5.74) is 1.79. The van der Waals surface area contributed by atoms with Crippen molar-refractivity contribution in [2.75, 3.05) is 0 Å². The maximum absolute atomic E-state index is 6.35. The fourth-order valence-corrected chi connectivity index (χ4v) is 2.82. The van der Waals surface area contributed by atoms with Gasteiger partial charge >= 0.3 is 0 Å². The zero-order chi connectivity index (χ0) is 12.1. The monoisotopic (exact) mass is 252 g/mol. The summed E-state index contributed by atoms with van der Waals surface area (Å²) < 4.78 is 5.86. The van der Waals surface area contributed by atoms with E-state index in [0.29, 0.717) is 0 Å². The number of hydrogen-bond acceptors (Lipinski definition) is 1. The van der Waals surface area contributed by atoms with E-state index in [4.69, 9.17) is 16.0 Å². The summed E-state index contributed by atoms with van der Waals surface area (Å²) in [6.07, 6.45) is 0. The lowest BCUT2D eigenvalue weighted by Gasteiger charge is -2.01. The second kappa shape index (κ2) is 3.50. The standard InChI is InChI=1S/C16H9ClO/c17-12-6-3-4-10-8-9-14-16(15(10)12)11-5-1-2-7-13(11)18-14/h1-9H. The van der Waals surface area contributed by atoms with Gasteiger partial charge in [0.2, 0.25) is 0 Å². The molecule has 0 saturated heterocycles. The summed E-state index contributed by atoms with van der Waals surface area (Å²) in [7, 11) is 0. The molecule has 0 aliphatic heterocycles. The van der Waals surface area contributed by atoms with Gasteiger partial charge < -0.3 is 4.42 Å². The molecule has 0 fully saturated rings. The van der Waals surface area contributed by atoms with Gasteiger partial charge in [-0.1, -0.05) is 48.0 Å². The van der Waals surface area contributed by atoms with Gasteiger partial charge in [0.25, 0.3) is 0 Å². The Kier molecular flexibility index (Phi) is 1.94. The first kappa shape index (κ1) is 9.98. The predicted molar refractivity (Wildman–Crippen MR) is 76.2 cm³/mol. The smallest absolute Gasteiger partial charge is 0.136 e. The van der Waals surface area contributed by atoms with Crippen molar-refractivity contribution in [3.63, 3.8) is 0 Å². The minimum absolute atomic E-state index is 0.768. The van der Waals surface area contributed by atoms with Gasteiger partial charge in [0, 0.05) is 21.2 Å². The Morgan fingerprint density at radius 2 is 1.61 bits per heavy atom. The van der Waals surface area contributed by atoms with Crippen molar-refractivity contribution in [2.45, 2.75) is 0 Å². The number of rotatable bonds is 0. The summed E-state index contributed by atoms with van der Waals surface area (Å²) in [5, 5.41) is 5.20. The highest BCUT2D eigenvalue weighted by Gasteiger charge is 2.11. The van der Waals surface area contributed by atoms with Crippen molar-refractivity contribution in [1.82, 2.24) is 0 Å². The number of halogens is 1. The molecule has 1 heterocycles. The molecule has 0 amide bonds. The van der Waals surface area contributed by atoms with Crippen LogP contribution in [0, 0.1) is 0 Å². The highest BCUT2D eigenvalue weighted by molar-refractivity contribution is 6.39. The highest BCUT2D eigenvalue weighted by atomic mass is 35.5. The molecule has 0 bridgehead atoms. The third-order valence-corrected chi connectivity index (χ3v) is 3.65.